The molecule has 0 radical (unpaired) electrons. The van der Waals surface area contributed by atoms with E-state index in [2.05, 4.69) is 0 Å². The molecule has 21 heavy (non-hydrogen) atoms. The zero-order valence-corrected chi connectivity index (χ0v) is 13.6. The Morgan fingerprint density at radius 2 is 1.48 bits per heavy atom. The first-order valence-corrected chi connectivity index (χ1v) is 9.57. The Kier molecular flexibility index (Phi) is 5.07. The molecule has 2 saturated carbocycles. The molecule has 2 aliphatic carbocycles. The van der Waals surface area contributed by atoms with E-state index < -0.39 is 6.10 Å². The Hall–Kier alpha value is -0.320. The summed E-state index contributed by atoms with van der Waals surface area (Å²) in [6.45, 7) is 0. The third-order valence-corrected chi connectivity index (χ3v) is 7.06. The summed E-state index contributed by atoms with van der Waals surface area (Å²) < 4.78 is 0.527. The van der Waals surface area contributed by atoms with Gasteiger partial charge in [0.25, 0.3) is 0 Å². The molecule has 4 heteroatoms. The topological polar surface area (TPSA) is 37.3 Å². The van der Waals surface area contributed by atoms with Crippen LogP contribution in [0.4, 0.5) is 0 Å². The van der Waals surface area contributed by atoms with Gasteiger partial charge >= 0.3 is 6.41 Å². The number of carbonyl (C=O) groups excluding carboxylic acids is 1. The zero-order chi connectivity index (χ0) is 14.7. The quantitative estimate of drug-likeness (QED) is 0.637. The molecule has 1 N–H and O–H groups in total. The van der Waals surface area contributed by atoms with Crippen LogP contribution in [0, 0.1) is 0 Å². The van der Waals surface area contributed by atoms with Crippen molar-refractivity contribution in [3.63, 3.8) is 0 Å². The van der Waals surface area contributed by atoms with Crippen molar-refractivity contribution in [3.05, 3.63) is 11.5 Å². The highest BCUT2D eigenvalue weighted by atomic mass is 32.2. The Labute approximate surface area is 132 Å². The normalized spacial score (nSPS) is 32.4. The first kappa shape index (κ1) is 15.6. The van der Waals surface area contributed by atoms with Crippen molar-refractivity contribution in [1.82, 2.24) is 0 Å². The zero-order valence-electron chi connectivity index (χ0n) is 12.8. The molecule has 0 aromatic rings. The molecule has 0 saturated heterocycles. The lowest BCUT2D eigenvalue weighted by molar-refractivity contribution is -0.910. The predicted molar refractivity (Wildman–Crippen MR) is 86.6 cm³/mol. The van der Waals surface area contributed by atoms with Crippen LogP contribution in [0.5, 0.6) is 0 Å². The van der Waals surface area contributed by atoms with E-state index in [0.29, 0.717) is 16.6 Å². The van der Waals surface area contributed by atoms with Crippen LogP contribution in [0.3, 0.4) is 0 Å². The molecule has 118 valence electrons. The lowest BCUT2D eigenvalue weighted by Crippen LogP contribution is -2.67. The summed E-state index contributed by atoms with van der Waals surface area (Å²) in [5.41, 5.74) is 0. The van der Waals surface area contributed by atoms with E-state index >= 15 is 0 Å². The molecule has 1 heterocycles. The smallest absolute Gasteiger partial charge is 0.302 e. The number of aliphatic hydroxyl groups excluding tert-OH is 1. The van der Waals surface area contributed by atoms with Crippen molar-refractivity contribution in [1.29, 1.82) is 0 Å². The number of nitrogens with zero attached hydrogens (tertiary/aromatic N) is 1. The number of aliphatic hydroxyl groups is 1. The average Bonchev–Trinajstić information content (AvgIpc) is 2.98. The third kappa shape index (κ3) is 2.82. The molecule has 3 nitrogen and oxygen atoms in total. The van der Waals surface area contributed by atoms with Crippen LogP contribution >= 0.6 is 11.8 Å². The fourth-order valence-electron chi connectivity index (χ4n) is 4.75. The minimum Gasteiger partial charge on any atom is -0.382 e. The summed E-state index contributed by atoms with van der Waals surface area (Å²) in [6.07, 6.45) is 14.8. The van der Waals surface area contributed by atoms with Gasteiger partial charge in [-0.3, -0.25) is 0 Å². The maximum Gasteiger partial charge on any atom is 0.302 e. The molecule has 3 aliphatic rings. The molecule has 2 atom stereocenters. The van der Waals surface area contributed by atoms with E-state index in [9.17, 15) is 9.90 Å². The van der Waals surface area contributed by atoms with Gasteiger partial charge < -0.3 is 5.11 Å². The molecule has 2 unspecified atom stereocenters. The maximum atomic E-state index is 12.4. The lowest BCUT2D eigenvalue weighted by atomic mass is 9.85. The highest BCUT2D eigenvalue weighted by Crippen LogP contribution is 2.44. The van der Waals surface area contributed by atoms with E-state index in [1.807, 2.05) is 11.5 Å². The summed E-state index contributed by atoms with van der Waals surface area (Å²) in [4.78, 5) is 12.4. The van der Waals surface area contributed by atoms with Crippen LogP contribution in [0.15, 0.2) is 11.5 Å². The van der Waals surface area contributed by atoms with Crippen molar-refractivity contribution < 1.29 is 14.4 Å². The minimum atomic E-state index is -0.468. The SMILES string of the molecule is O=C[N+](C1CCCCC1)(C1CCCCC1)C1SC=CC1O. The average molecular weight is 310 g/mol. The van der Waals surface area contributed by atoms with E-state index in [1.54, 1.807) is 11.8 Å². The minimum absolute atomic E-state index is 0.00583. The van der Waals surface area contributed by atoms with Crippen molar-refractivity contribution in [2.24, 2.45) is 0 Å². The number of rotatable bonds is 4. The van der Waals surface area contributed by atoms with Crippen molar-refractivity contribution in [2.75, 3.05) is 0 Å². The van der Waals surface area contributed by atoms with Gasteiger partial charge in [-0.25, -0.2) is 9.28 Å². The molecular formula is C17H28NO2S+. The fraction of sp³-hybridized carbons (Fsp3) is 0.824. The molecule has 0 spiro atoms. The fourth-order valence-corrected chi connectivity index (χ4v) is 6.02. The largest absolute Gasteiger partial charge is 0.382 e. The summed E-state index contributed by atoms with van der Waals surface area (Å²) in [5.74, 6) is 0. The van der Waals surface area contributed by atoms with Gasteiger partial charge in [0.05, 0.1) is 12.1 Å². The van der Waals surface area contributed by atoms with Crippen molar-refractivity contribution in [2.45, 2.75) is 87.8 Å². The molecule has 2 fully saturated rings. The summed E-state index contributed by atoms with van der Waals surface area (Å²) in [6, 6.07) is 0.845. The van der Waals surface area contributed by atoms with Gasteiger partial charge in [0.1, 0.15) is 6.10 Å². The number of thioether (sulfide) groups is 1. The predicted octanol–water partition coefficient (Wildman–Crippen LogP) is 3.57. The first-order chi connectivity index (χ1) is 10.3. The summed E-state index contributed by atoms with van der Waals surface area (Å²) >= 11 is 1.68. The standard InChI is InChI=1S/C17H28NO2S/c19-13-18(14-7-3-1-4-8-14,15-9-5-2-6-10-15)17-16(20)11-12-21-17/h11-17,20H,1-10H2/q+1. The van der Waals surface area contributed by atoms with Gasteiger partial charge in [0, 0.05) is 0 Å². The van der Waals surface area contributed by atoms with Gasteiger partial charge in [-0.1, -0.05) is 24.6 Å². The van der Waals surface area contributed by atoms with Gasteiger partial charge in [-0.15, -0.1) is 0 Å². The van der Waals surface area contributed by atoms with Crippen LogP contribution in [0.2, 0.25) is 0 Å². The van der Waals surface area contributed by atoms with E-state index in [-0.39, 0.29) is 5.37 Å². The first-order valence-electron chi connectivity index (χ1n) is 8.63. The Balaban J connectivity index is 1.92. The van der Waals surface area contributed by atoms with Crippen molar-refractivity contribution in [3.8, 4) is 0 Å². The molecule has 3 rings (SSSR count). The third-order valence-electron chi connectivity index (χ3n) is 5.82. The summed E-state index contributed by atoms with van der Waals surface area (Å²) in [5, 5.41) is 12.4. The molecule has 1 amide bonds. The summed E-state index contributed by atoms with van der Waals surface area (Å²) in [7, 11) is 0. The number of hydrogen-bond donors (Lipinski definition) is 1. The van der Waals surface area contributed by atoms with Gasteiger partial charge in [0.15, 0.2) is 5.37 Å². The van der Waals surface area contributed by atoms with E-state index in [0.717, 1.165) is 25.7 Å². The number of hydrogen-bond acceptors (Lipinski definition) is 3. The van der Waals surface area contributed by atoms with Gasteiger partial charge in [-0.2, -0.15) is 0 Å². The molecule has 0 aromatic heterocycles. The number of amides is 1. The second kappa shape index (κ2) is 6.84. The highest BCUT2D eigenvalue weighted by molar-refractivity contribution is 8.02. The molecular weight excluding hydrogens is 282 g/mol. The second-order valence-electron chi connectivity index (χ2n) is 6.93. The maximum absolute atomic E-state index is 12.4. The van der Waals surface area contributed by atoms with Gasteiger partial charge in [0.2, 0.25) is 0 Å². The number of quaternary nitrogens is 1. The van der Waals surface area contributed by atoms with Crippen molar-refractivity contribution >= 4 is 18.2 Å². The number of carbonyl (C=O) groups is 1. The van der Waals surface area contributed by atoms with E-state index in [4.69, 9.17) is 0 Å². The lowest BCUT2D eigenvalue weighted by Gasteiger charge is -2.51. The Bertz CT molecular complexity index is 368. The second-order valence-corrected chi connectivity index (χ2v) is 7.96. The monoisotopic (exact) mass is 310 g/mol. The highest BCUT2D eigenvalue weighted by Gasteiger charge is 2.53. The van der Waals surface area contributed by atoms with Crippen LogP contribution in [-0.2, 0) is 4.79 Å². The molecule has 1 aliphatic heterocycles. The molecule has 0 aromatic carbocycles. The van der Waals surface area contributed by atoms with E-state index in [1.165, 1.54) is 44.9 Å². The Morgan fingerprint density at radius 3 is 1.86 bits per heavy atom. The van der Waals surface area contributed by atoms with Gasteiger partial charge in [-0.05, 0) is 62.9 Å². The van der Waals surface area contributed by atoms with Crippen LogP contribution in [0.1, 0.15) is 64.2 Å². The van der Waals surface area contributed by atoms with Crippen LogP contribution < -0.4 is 0 Å². The molecule has 0 bridgehead atoms. The van der Waals surface area contributed by atoms with Crippen LogP contribution in [-0.4, -0.2) is 39.6 Å². The van der Waals surface area contributed by atoms with Crippen LogP contribution in [0.25, 0.3) is 0 Å². The Morgan fingerprint density at radius 1 is 0.952 bits per heavy atom.